The maximum absolute atomic E-state index is 13.1. The largest absolute Gasteiger partial charge is 0.468 e. The van der Waals surface area contributed by atoms with Gasteiger partial charge in [0.15, 0.2) is 11.2 Å². The quantitative estimate of drug-likeness (QED) is 0.319. The van der Waals surface area contributed by atoms with E-state index in [-0.39, 0.29) is 31.8 Å². The van der Waals surface area contributed by atoms with Gasteiger partial charge in [-0.05, 0) is 45.8 Å². The van der Waals surface area contributed by atoms with Gasteiger partial charge in [0.25, 0.3) is 0 Å². The Morgan fingerprint density at radius 2 is 1.32 bits per heavy atom. The molecule has 158 valence electrons. The Balaban J connectivity index is 3.60. The van der Waals surface area contributed by atoms with E-state index in [0.29, 0.717) is 22.0 Å². The van der Waals surface area contributed by atoms with Gasteiger partial charge < -0.3 is 18.5 Å². The van der Waals surface area contributed by atoms with E-state index in [1.54, 1.807) is 27.7 Å². The number of esters is 2. The molecule has 0 radical (unpaired) electrons. The predicted molar refractivity (Wildman–Crippen MR) is 103 cm³/mol. The van der Waals surface area contributed by atoms with Crippen molar-refractivity contribution in [3.63, 3.8) is 0 Å². The Morgan fingerprint density at radius 1 is 0.893 bits per heavy atom. The SMILES string of the molecule is CCOP(=O)(OCC)/C(C)=C(\C)C1=C(C(C)=O)CC(C(=O)OC)(C(=O)OC)C1. The fourth-order valence-electron chi connectivity index (χ4n) is 3.33. The van der Waals surface area contributed by atoms with Crippen LogP contribution in [0, 0.1) is 5.41 Å². The Bertz CT molecular complexity index is 736. The molecule has 28 heavy (non-hydrogen) atoms. The molecule has 0 N–H and O–H groups in total. The van der Waals surface area contributed by atoms with Gasteiger partial charge in [-0.25, -0.2) is 0 Å². The van der Waals surface area contributed by atoms with Crippen LogP contribution in [0.1, 0.15) is 47.5 Å². The van der Waals surface area contributed by atoms with Gasteiger partial charge in [-0.3, -0.25) is 18.9 Å². The summed E-state index contributed by atoms with van der Waals surface area (Å²) in [6, 6.07) is 0. The third kappa shape index (κ3) is 4.45. The van der Waals surface area contributed by atoms with Crippen molar-refractivity contribution in [3.8, 4) is 0 Å². The van der Waals surface area contributed by atoms with E-state index in [1.807, 2.05) is 0 Å². The van der Waals surface area contributed by atoms with Crippen LogP contribution in [-0.2, 0) is 37.5 Å². The van der Waals surface area contributed by atoms with Gasteiger partial charge >= 0.3 is 19.5 Å². The molecule has 0 saturated carbocycles. The molecule has 0 aromatic heterocycles. The number of hydrogen-bond donors (Lipinski definition) is 0. The molecule has 0 aromatic rings. The normalized spacial score (nSPS) is 17.2. The van der Waals surface area contributed by atoms with Gasteiger partial charge in [0, 0.05) is 23.7 Å². The number of rotatable bonds is 9. The van der Waals surface area contributed by atoms with Crippen molar-refractivity contribution in [2.24, 2.45) is 5.41 Å². The first-order chi connectivity index (χ1) is 13.0. The van der Waals surface area contributed by atoms with Crippen molar-refractivity contribution in [2.45, 2.75) is 47.5 Å². The van der Waals surface area contributed by atoms with E-state index in [4.69, 9.17) is 18.5 Å². The molecular formula is C19H29O8P. The fourth-order valence-corrected chi connectivity index (χ4v) is 5.02. The highest BCUT2D eigenvalue weighted by molar-refractivity contribution is 7.58. The molecule has 0 spiro atoms. The minimum absolute atomic E-state index is 0.0946. The number of methoxy groups -OCH3 is 2. The number of carbonyl (C=O) groups is 3. The monoisotopic (exact) mass is 416 g/mol. The summed E-state index contributed by atoms with van der Waals surface area (Å²) >= 11 is 0. The molecule has 0 bridgehead atoms. The zero-order valence-corrected chi connectivity index (χ0v) is 18.4. The minimum Gasteiger partial charge on any atom is -0.468 e. The lowest BCUT2D eigenvalue weighted by molar-refractivity contribution is -0.168. The fraction of sp³-hybridized carbons (Fsp3) is 0.632. The van der Waals surface area contributed by atoms with Crippen LogP contribution in [0.2, 0.25) is 0 Å². The Labute approximate surface area is 165 Å². The molecule has 1 aliphatic carbocycles. The van der Waals surface area contributed by atoms with Gasteiger partial charge in [0.1, 0.15) is 0 Å². The van der Waals surface area contributed by atoms with Gasteiger partial charge in [0.05, 0.1) is 27.4 Å². The summed E-state index contributed by atoms with van der Waals surface area (Å²) in [5, 5.41) is 0.329. The summed E-state index contributed by atoms with van der Waals surface area (Å²) in [4.78, 5) is 37.2. The lowest BCUT2D eigenvalue weighted by atomic mass is 9.83. The topological polar surface area (TPSA) is 105 Å². The number of hydrogen-bond acceptors (Lipinski definition) is 8. The van der Waals surface area contributed by atoms with E-state index < -0.39 is 24.9 Å². The lowest BCUT2D eigenvalue weighted by Crippen LogP contribution is -2.39. The second-order valence-corrected chi connectivity index (χ2v) is 8.66. The first-order valence-electron chi connectivity index (χ1n) is 9.01. The van der Waals surface area contributed by atoms with Gasteiger partial charge in [0.2, 0.25) is 0 Å². The van der Waals surface area contributed by atoms with Crippen LogP contribution in [0.4, 0.5) is 0 Å². The molecule has 8 nitrogen and oxygen atoms in total. The molecule has 0 amide bonds. The van der Waals surface area contributed by atoms with Crippen LogP contribution in [0.25, 0.3) is 0 Å². The van der Waals surface area contributed by atoms with E-state index in [9.17, 15) is 18.9 Å². The van der Waals surface area contributed by atoms with Crippen LogP contribution in [0.3, 0.4) is 0 Å². The molecule has 1 rings (SSSR count). The molecule has 0 fully saturated rings. The predicted octanol–water partition coefficient (Wildman–Crippen LogP) is 3.56. The van der Waals surface area contributed by atoms with Crippen molar-refractivity contribution in [1.82, 2.24) is 0 Å². The highest BCUT2D eigenvalue weighted by Gasteiger charge is 2.54. The van der Waals surface area contributed by atoms with Gasteiger partial charge in [-0.2, -0.15) is 0 Å². The average Bonchev–Trinajstić information content (AvgIpc) is 3.08. The smallest absolute Gasteiger partial charge is 0.357 e. The molecule has 1 aliphatic rings. The van der Waals surface area contributed by atoms with Crippen LogP contribution in [-0.4, -0.2) is 45.2 Å². The minimum atomic E-state index is -3.58. The summed E-state index contributed by atoms with van der Waals surface area (Å²) in [5.41, 5.74) is -0.402. The Morgan fingerprint density at radius 3 is 1.68 bits per heavy atom. The molecule has 0 saturated heterocycles. The van der Waals surface area contributed by atoms with Crippen molar-refractivity contribution >= 4 is 25.3 Å². The third-order valence-electron chi connectivity index (χ3n) is 4.90. The Hall–Kier alpha value is -1.76. The molecule has 0 unspecified atom stereocenters. The first kappa shape index (κ1) is 24.3. The van der Waals surface area contributed by atoms with Crippen molar-refractivity contribution in [3.05, 3.63) is 22.0 Å². The molecule has 9 heteroatoms. The van der Waals surface area contributed by atoms with E-state index >= 15 is 0 Å². The van der Waals surface area contributed by atoms with Crippen LogP contribution < -0.4 is 0 Å². The molecule has 0 aromatic carbocycles. The van der Waals surface area contributed by atoms with Crippen molar-refractivity contribution in [1.29, 1.82) is 0 Å². The number of allylic oxidation sites excluding steroid dienone is 4. The highest BCUT2D eigenvalue weighted by atomic mass is 31.2. The second kappa shape index (κ2) is 9.63. The van der Waals surface area contributed by atoms with E-state index in [1.165, 1.54) is 21.1 Å². The van der Waals surface area contributed by atoms with E-state index in [2.05, 4.69) is 0 Å². The first-order valence-corrected chi connectivity index (χ1v) is 10.6. The molecular weight excluding hydrogens is 387 g/mol. The number of Topliss-reactive ketones (excluding diaryl/α,β-unsaturated/α-hetero) is 1. The number of carbonyl (C=O) groups excluding carboxylic acids is 3. The number of ether oxygens (including phenoxy) is 2. The average molecular weight is 416 g/mol. The van der Waals surface area contributed by atoms with Gasteiger partial charge in [-0.15, -0.1) is 0 Å². The summed E-state index contributed by atoms with van der Waals surface area (Å²) < 4.78 is 33.5. The maximum Gasteiger partial charge on any atom is 0.357 e. The summed E-state index contributed by atoms with van der Waals surface area (Å²) in [7, 11) is -1.23. The van der Waals surface area contributed by atoms with E-state index in [0.717, 1.165) is 0 Å². The standard InChI is InChI=1S/C19H29O8P/c1-8-26-28(23,27-9-2)14(5)12(3)15-10-19(17(21)24-6,18(22)25-7)11-16(15)13(4)20/h8-11H2,1-7H3/b14-12+. The summed E-state index contributed by atoms with van der Waals surface area (Å²) in [6.07, 6.45) is -0.238. The number of ketones is 1. The molecule has 0 aliphatic heterocycles. The lowest BCUT2D eigenvalue weighted by Gasteiger charge is -2.24. The molecule has 0 atom stereocenters. The Kier molecular flexibility index (Phi) is 8.35. The van der Waals surface area contributed by atoms with Crippen LogP contribution >= 0.6 is 7.60 Å². The third-order valence-corrected chi connectivity index (χ3v) is 7.26. The van der Waals surface area contributed by atoms with Gasteiger partial charge in [-0.1, -0.05) is 0 Å². The molecule has 0 heterocycles. The second-order valence-electron chi connectivity index (χ2n) is 6.48. The maximum atomic E-state index is 13.1. The zero-order chi connectivity index (χ0) is 21.7. The van der Waals surface area contributed by atoms with Crippen molar-refractivity contribution < 1.29 is 37.5 Å². The van der Waals surface area contributed by atoms with Crippen LogP contribution in [0.15, 0.2) is 22.0 Å². The zero-order valence-electron chi connectivity index (χ0n) is 17.5. The highest BCUT2D eigenvalue weighted by Crippen LogP contribution is 2.59. The summed E-state index contributed by atoms with van der Waals surface area (Å²) in [6.45, 7) is 8.37. The summed E-state index contributed by atoms with van der Waals surface area (Å²) in [5.74, 6) is -1.85. The van der Waals surface area contributed by atoms with Crippen molar-refractivity contribution in [2.75, 3.05) is 27.4 Å². The van der Waals surface area contributed by atoms with Crippen LogP contribution in [0.5, 0.6) is 0 Å².